The quantitative estimate of drug-likeness (QED) is 0.499. The van der Waals surface area contributed by atoms with Gasteiger partial charge in [-0.2, -0.15) is 0 Å². The molecule has 0 aliphatic rings. The van der Waals surface area contributed by atoms with Crippen LogP contribution in [0, 0.1) is 6.92 Å². The lowest BCUT2D eigenvalue weighted by molar-refractivity contribution is 0.257. The zero-order valence-electron chi connectivity index (χ0n) is 16.4. The Labute approximate surface area is 170 Å². The zero-order chi connectivity index (χ0) is 21.1. The summed E-state index contributed by atoms with van der Waals surface area (Å²) in [5, 5.41) is 0. The maximum atomic E-state index is 11.6. The van der Waals surface area contributed by atoms with Crippen molar-refractivity contribution < 1.29 is 18.4 Å². The van der Waals surface area contributed by atoms with Crippen LogP contribution in [0.4, 0.5) is 0 Å². The molecule has 0 spiro atoms. The summed E-state index contributed by atoms with van der Waals surface area (Å²) in [5.41, 5.74) is 1.66. The van der Waals surface area contributed by atoms with Gasteiger partial charge in [0.25, 0.3) is 0 Å². The Morgan fingerprint density at radius 2 is 1.90 bits per heavy atom. The lowest BCUT2D eigenvalue weighted by Crippen LogP contribution is -2.17. The van der Waals surface area contributed by atoms with Crippen LogP contribution in [0.1, 0.15) is 17.0 Å². The minimum atomic E-state index is -0.801. The van der Waals surface area contributed by atoms with Gasteiger partial charge in [-0.3, -0.25) is 0 Å². The van der Waals surface area contributed by atoms with Gasteiger partial charge in [-0.1, -0.05) is 24.3 Å². The number of rotatable bonds is 7. The molecule has 0 aliphatic heterocycles. The minimum absolute atomic E-state index is 0.0804. The lowest BCUT2D eigenvalue weighted by Gasteiger charge is -2.11. The van der Waals surface area contributed by atoms with E-state index < -0.39 is 11.4 Å². The van der Waals surface area contributed by atoms with Crippen LogP contribution in [0.5, 0.6) is 11.5 Å². The van der Waals surface area contributed by atoms with Crippen LogP contribution >= 0.6 is 0 Å². The summed E-state index contributed by atoms with van der Waals surface area (Å²) in [7, 11) is 1.52. The number of hydrogen-bond acceptors (Lipinski definition) is 7. The van der Waals surface area contributed by atoms with E-state index in [1.54, 1.807) is 18.2 Å². The summed E-state index contributed by atoms with van der Waals surface area (Å²) in [6, 6.07) is 14.8. The maximum Gasteiger partial charge on any atom is 0.440 e. The van der Waals surface area contributed by atoms with Crippen LogP contribution in [0.3, 0.4) is 0 Å². The van der Waals surface area contributed by atoms with Crippen molar-refractivity contribution in [2.24, 2.45) is 0 Å². The Balaban J connectivity index is 1.50. The van der Waals surface area contributed by atoms with Crippen molar-refractivity contribution in [3.8, 4) is 23.0 Å². The van der Waals surface area contributed by atoms with Gasteiger partial charge in [0.1, 0.15) is 18.1 Å². The molecule has 30 heavy (non-hydrogen) atoms. The first kappa shape index (κ1) is 19.3. The third-order valence-electron chi connectivity index (χ3n) is 4.46. The first-order valence-corrected chi connectivity index (χ1v) is 9.15. The van der Waals surface area contributed by atoms with Crippen LogP contribution in [-0.4, -0.2) is 21.8 Å². The largest absolute Gasteiger partial charge is 0.493 e. The molecule has 0 radical (unpaired) electrons. The van der Waals surface area contributed by atoms with E-state index in [1.165, 1.54) is 7.11 Å². The van der Waals surface area contributed by atoms with Gasteiger partial charge in [-0.15, -0.1) is 4.74 Å². The molecule has 0 saturated heterocycles. The van der Waals surface area contributed by atoms with E-state index in [9.17, 15) is 9.59 Å². The Bertz CT molecular complexity index is 1270. The molecule has 2 aromatic carbocycles. The molecule has 0 unspecified atom stereocenters. The predicted molar refractivity (Wildman–Crippen MR) is 107 cm³/mol. The van der Waals surface area contributed by atoms with Gasteiger partial charge in [0.05, 0.1) is 13.7 Å². The van der Waals surface area contributed by atoms with Gasteiger partial charge in [0, 0.05) is 5.56 Å². The van der Waals surface area contributed by atoms with Gasteiger partial charge in [0.2, 0.25) is 5.89 Å². The highest BCUT2D eigenvalue weighted by Gasteiger charge is 2.14. The fourth-order valence-corrected chi connectivity index (χ4v) is 2.93. The van der Waals surface area contributed by atoms with Crippen molar-refractivity contribution in [1.82, 2.24) is 14.7 Å². The summed E-state index contributed by atoms with van der Waals surface area (Å²) in [4.78, 5) is 29.3. The van der Waals surface area contributed by atoms with Crippen molar-refractivity contribution in [3.05, 3.63) is 86.6 Å². The number of aromatic amines is 1. The molecular formula is C21H19N3O6. The van der Waals surface area contributed by atoms with Crippen LogP contribution in [0.25, 0.3) is 11.5 Å². The molecule has 9 nitrogen and oxygen atoms in total. The SMILES string of the molecule is COc1cc(Cn2oc(=O)[nH]c2=O)ccc1OCc1nc(-c2ccccc2)oc1C. The van der Waals surface area contributed by atoms with E-state index in [0.29, 0.717) is 34.4 Å². The summed E-state index contributed by atoms with van der Waals surface area (Å²) >= 11 is 0. The van der Waals surface area contributed by atoms with Crippen LogP contribution in [0.15, 0.2) is 67.1 Å². The zero-order valence-corrected chi connectivity index (χ0v) is 16.4. The van der Waals surface area contributed by atoms with E-state index in [4.69, 9.17) is 18.4 Å². The van der Waals surface area contributed by atoms with Crippen molar-refractivity contribution in [2.75, 3.05) is 7.11 Å². The maximum absolute atomic E-state index is 11.6. The van der Waals surface area contributed by atoms with Crippen LogP contribution in [-0.2, 0) is 13.2 Å². The van der Waals surface area contributed by atoms with Gasteiger partial charge >= 0.3 is 11.4 Å². The topological polar surface area (TPSA) is 112 Å². The van der Waals surface area contributed by atoms with E-state index >= 15 is 0 Å². The second kappa shape index (κ2) is 8.16. The van der Waals surface area contributed by atoms with E-state index in [2.05, 4.69) is 4.98 Å². The molecule has 2 heterocycles. The number of nitrogens with one attached hydrogen (secondary N) is 1. The number of ether oxygens (including phenoxy) is 2. The highest BCUT2D eigenvalue weighted by Crippen LogP contribution is 2.30. The standard InChI is InChI=1S/C21H19N3O6/c1-13-16(22-19(29-13)15-6-4-3-5-7-15)12-28-17-9-8-14(10-18(17)27-2)11-24-20(25)23-21(26)30-24/h3-10H,11-12H2,1-2H3,(H,23,25,26). The van der Waals surface area contributed by atoms with Gasteiger partial charge in [0.15, 0.2) is 11.5 Å². The Morgan fingerprint density at radius 1 is 1.10 bits per heavy atom. The summed E-state index contributed by atoms with van der Waals surface area (Å²) < 4.78 is 22.7. The van der Waals surface area contributed by atoms with Crippen molar-refractivity contribution in [2.45, 2.75) is 20.1 Å². The molecule has 2 aromatic heterocycles. The summed E-state index contributed by atoms with van der Waals surface area (Å²) in [6.45, 7) is 2.11. The fourth-order valence-electron chi connectivity index (χ4n) is 2.93. The molecular weight excluding hydrogens is 390 g/mol. The normalized spacial score (nSPS) is 10.9. The number of aromatic nitrogens is 3. The van der Waals surface area contributed by atoms with Gasteiger partial charge in [-0.25, -0.2) is 19.6 Å². The van der Waals surface area contributed by atoms with Gasteiger partial charge < -0.3 is 18.4 Å². The van der Waals surface area contributed by atoms with Crippen LogP contribution in [0.2, 0.25) is 0 Å². The lowest BCUT2D eigenvalue weighted by atomic mass is 10.2. The number of nitrogens with zero attached hydrogens (tertiary/aromatic N) is 2. The molecule has 0 amide bonds. The molecule has 1 N–H and O–H groups in total. The molecule has 154 valence electrons. The Morgan fingerprint density at radius 3 is 2.60 bits per heavy atom. The van der Waals surface area contributed by atoms with E-state index in [-0.39, 0.29) is 13.2 Å². The number of benzene rings is 2. The second-order valence-electron chi connectivity index (χ2n) is 6.51. The number of hydrogen-bond donors (Lipinski definition) is 1. The van der Waals surface area contributed by atoms with Crippen molar-refractivity contribution >= 4 is 0 Å². The highest BCUT2D eigenvalue weighted by molar-refractivity contribution is 5.53. The van der Waals surface area contributed by atoms with Crippen molar-refractivity contribution in [3.63, 3.8) is 0 Å². The Kier molecular flexibility index (Phi) is 5.25. The molecule has 0 bridgehead atoms. The fraction of sp³-hybridized carbons (Fsp3) is 0.190. The molecule has 4 rings (SSSR count). The number of methoxy groups -OCH3 is 1. The Hall–Kier alpha value is -4.01. The number of oxazole rings is 1. The molecule has 0 aliphatic carbocycles. The molecule has 0 saturated carbocycles. The van der Waals surface area contributed by atoms with Gasteiger partial charge in [-0.05, 0) is 36.8 Å². The average Bonchev–Trinajstić information content (AvgIpc) is 3.28. The molecule has 0 atom stereocenters. The first-order valence-electron chi connectivity index (χ1n) is 9.15. The predicted octanol–water partition coefficient (Wildman–Crippen LogP) is 2.73. The third-order valence-corrected chi connectivity index (χ3v) is 4.46. The van der Waals surface area contributed by atoms with E-state index in [0.717, 1.165) is 10.3 Å². The molecule has 9 heteroatoms. The molecule has 0 fully saturated rings. The number of aryl methyl sites for hydroxylation is 1. The smallest absolute Gasteiger partial charge is 0.440 e. The minimum Gasteiger partial charge on any atom is -0.493 e. The van der Waals surface area contributed by atoms with Crippen molar-refractivity contribution in [1.29, 1.82) is 0 Å². The first-order chi connectivity index (χ1) is 14.5. The highest BCUT2D eigenvalue weighted by atomic mass is 16.5. The summed E-state index contributed by atoms with van der Waals surface area (Å²) in [5.74, 6) is 1.39. The molecule has 4 aromatic rings. The monoisotopic (exact) mass is 409 g/mol. The second-order valence-corrected chi connectivity index (χ2v) is 6.51. The number of H-pyrrole nitrogens is 1. The average molecular weight is 409 g/mol. The third kappa shape index (κ3) is 4.04. The summed E-state index contributed by atoms with van der Waals surface area (Å²) in [6.07, 6.45) is 0. The van der Waals surface area contributed by atoms with E-state index in [1.807, 2.05) is 42.2 Å². The van der Waals surface area contributed by atoms with Crippen LogP contribution < -0.4 is 20.9 Å².